The molecule has 1 aromatic heterocycles. The Bertz CT molecular complexity index is 935. The number of hydrogen-bond acceptors (Lipinski definition) is 5. The summed E-state index contributed by atoms with van der Waals surface area (Å²) in [7, 11) is 1.64. The maximum atomic E-state index is 13.9. The Hall–Kier alpha value is -3.32. The number of halogens is 1. The van der Waals surface area contributed by atoms with Crippen LogP contribution < -0.4 is 10.6 Å². The van der Waals surface area contributed by atoms with Crippen molar-refractivity contribution >= 4 is 17.4 Å². The van der Waals surface area contributed by atoms with E-state index in [0.717, 1.165) is 12.0 Å². The van der Waals surface area contributed by atoms with Crippen molar-refractivity contribution in [1.29, 1.82) is 0 Å². The van der Waals surface area contributed by atoms with Crippen molar-refractivity contribution in [2.75, 3.05) is 30.9 Å². The van der Waals surface area contributed by atoms with E-state index in [1.54, 1.807) is 25.3 Å². The summed E-state index contributed by atoms with van der Waals surface area (Å²) < 4.78 is 18.9. The first-order chi connectivity index (χ1) is 13.7. The predicted octanol–water partition coefficient (Wildman–Crippen LogP) is 3.98. The van der Waals surface area contributed by atoms with Gasteiger partial charge in [0, 0.05) is 31.9 Å². The van der Waals surface area contributed by atoms with E-state index in [0.29, 0.717) is 24.8 Å². The fourth-order valence-corrected chi connectivity index (χ4v) is 2.55. The van der Waals surface area contributed by atoms with Crippen molar-refractivity contribution < 1.29 is 13.9 Å². The summed E-state index contributed by atoms with van der Waals surface area (Å²) in [5, 5.41) is 5.73. The lowest BCUT2D eigenvalue weighted by Crippen LogP contribution is -2.17. The first-order valence-electron chi connectivity index (χ1n) is 8.90. The molecule has 0 spiro atoms. The van der Waals surface area contributed by atoms with E-state index < -0.39 is 11.7 Å². The molecule has 3 rings (SSSR count). The topological polar surface area (TPSA) is 76.1 Å². The third kappa shape index (κ3) is 5.11. The fourth-order valence-electron chi connectivity index (χ4n) is 2.55. The Labute approximate surface area is 162 Å². The second kappa shape index (κ2) is 9.57. The lowest BCUT2D eigenvalue weighted by molar-refractivity contribution is 0.102. The Kier molecular flexibility index (Phi) is 6.64. The van der Waals surface area contributed by atoms with Gasteiger partial charge in [0.1, 0.15) is 17.3 Å². The van der Waals surface area contributed by atoms with Crippen molar-refractivity contribution in [3.8, 4) is 11.4 Å². The standard InChI is InChI=1S/C21H21FN4O2/c1-28-13-7-12-23-19-14-18(21(27)25-17-11-6-5-10-16(17)22)24-20(26-19)15-8-3-2-4-9-15/h2-6,8-11,14H,7,12-13H2,1H3,(H,25,27)(H,23,24,26). The minimum Gasteiger partial charge on any atom is -0.385 e. The number of hydrogen-bond donors (Lipinski definition) is 2. The summed E-state index contributed by atoms with van der Waals surface area (Å²) in [5.74, 6) is -0.0876. The molecule has 144 valence electrons. The number of methoxy groups -OCH3 is 1. The summed E-state index contributed by atoms with van der Waals surface area (Å²) in [6.07, 6.45) is 0.790. The van der Waals surface area contributed by atoms with E-state index >= 15 is 0 Å². The van der Waals surface area contributed by atoms with Crippen LogP contribution in [0.5, 0.6) is 0 Å². The van der Waals surface area contributed by atoms with Gasteiger partial charge in [0.15, 0.2) is 5.82 Å². The summed E-state index contributed by atoms with van der Waals surface area (Å²) in [6.45, 7) is 1.25. The van der Waals surface area contributed by atoms with Crippen molar-refractivity contribution in [3.63, 3.8) is 0 Å². The van der Waals surface area contributed by atoms with Gasteiger partial charge in [-0.1, -0.05) is 42.5 Å². The molecule has 2 aromatic carbocycles. The van der Waals surface area contributed by atoms with E-state index in [2.05, 4.69) is 20.6 Å². The lowest BCUT2D eigenvalue weighted by Gasteiger charge is -2.11. The molecule has 0 atom stereocenters. The average molecular weight is 380 g/mol. The molecule has 6 nitrogen and oxygen atoms in total. The SMILES string of the molecule is COCCCNc1cc(C(=O)Nc2ccccc2F)nc(-c2ccccc2)n1. The molecule has 0 unspecified atom stereocenters. The van der Waals surface area contributed by atoms with Gasteiger partial charge in [0.2, 0.25) is 0 Å². The predicted molar refractivity (Wildman–Crippen MR) is 107 cm³/mol. The number of para-hydroxylation sites is 1. The number of nitrogens with one attached hydrogen (secondary N) is 2. The van der Waals surface area contributed by atoms with Crippen LogP contribution in [0.4, 0.5) is 15.9 Å². The molecule has 0 bridgehead atoms. The van der Waals surface area contributed by atoms with Crippen LogP contribution in [0.1, 0.15) is 16.9 Å². The number of ether oxygens (including phenoxy) is 1. The molecule has 1 amide bonds. The highest BCUT2D eigenvalue weighted by molar-refractivity contribution is 6.03. The number of aromatic nitrogens is 2. The highest BCUT2D eigenvalue weighted by Gasteiger charge is 2.14. The average Bonchev–Trinajstić information content (AvgIpc) is 2.73. The van der Waals surface area contributed by atoms with E-state index in [9.17, 15) is 9.18 Å². The Morgan fingerprint density at radius 3 is 2.57 bits per heavy atom. The molecule has 3 aromatic rings. The van der Waals surface area contributed by atoms with E-state index in [1.165, 1.54) is 12.1 Å². The molecule has 0 aliphatic carbocycles. The molecule has 7 heteroatoms. The maximum Gasteiger partial charge on any atom is 0.274 e. The number of rotatable bonds is 8. The molecule has 28 heavy (non-hydrogen) atoms. The van der Waals surface area contributed by atoms with Crippen molar-refractivity contribution in [3.05, 3.63) is 72.2 Å². The second-order valence-corrected chi connectivity index (χ2v) is 6.04. The van der Waals surface area contributed by atoms with Crippen LogP contribution in [0.25, 0.3) is 11.4 Å². The van der Waals surface area contributed by atoms with Gasteiger partial charge in [-0.3, -0.25) is 4.79 Å². The zero-order valence-electron chi connectivity index (χ0n) is 15.5. The monoisotopic (exact) mass is 380 g/mol. The van der Waals surface area contributed by atoms with Gasteiger partial charge in [-0.05, 0) is 18.6 Å². The minimum absolute atomic E-state index is 0.0991. The largest absolute Gasteiger partial charge is 0.385 e. The molecule has 0 fully saturated rings. The van der Waals surface area contributed by atoms with Gasteiger partial charge in [0.05, 0.1) is 5.69 Å². The van der Waals surface area contributed by atoms with E-state index in [4.69, 9.17) is 4.74 Å². The lowest BCUT2D eigenvalue weighted by atomic mass is 10.2. The van der Waals surface area contributed by atoms with Crippen LogP contribution in [0.3, 0.4) is 0 Å². The van der Waals surface area contributed by atoms with Crippen LogP contribution >= 0.6 is 0 Å². The second-order valence-electron chi connectivity index (χ2n) is 6.04. The number of nitrogens with zero attached hydrogens (tertiary/aromatic N) is 2. The first kappa shape index (κ1) is 19.4. The summed E-state index contributed by atoms with van der Waals surface area (Å²) in [4.78, 5) is 21.5. The van der Waals surface area contributed by atoms with Crippen molar-refractivity contribution in [2.24, 2.45) is 0 Å². The number of benzene rings is 2. The number of anilines is 2. The summed E-state index contributed by atoms with van der Waals surface area (Å²) in [5.41, 5.74) is 1.02. The molecule has 0 aliphatic heterocycles. The number of carbonyl (C=O) groups is 1. The van der Waals surface area contributed by atoms with Crippen LogP contribution in [0.2, 0.25) is 0 Å². The third-order valence-electron chi connectivity index (χ3n) is 3.94. The molecule has 0 saturated heterocycles. The van der Waals surface area contributed by atoms with Gasteiger partial charge in [0.25, 0.3) is 5.91 Å². The van der Waals surface area contributed by atoms with E-state index in [1.807, 2.05) is 30.3 Å². The summed E-state index contributed by atoms with van der Waals surface area (Å²) in [6, 6.07) is 16.9. The Balaban J connectivity index is 1.88. The molecule has 0 radical (unpaired) electrons. The molecular formula is C21H21FN4O2. The quantitative estimate of drug-likeness (QED) is 0.578. The molecule has 0 aliphatic rings. The molecule has 1 heterocycles. The van der Waals surface area contributed by atoms with Gasteiger partial charge >= 0.3 is 0 Å². The Morgan fingerprint density at radius 2 is 1.82 bits per heavy atom. The van der Waals surface area contributed by atoms with Gasteiger partial charge in [-0.2, -0.15) is 0 Å². The first-order valence-corrected chi connectivity index (χ1v) is 8.90. The van der Waals surface area contributed by atoms with Gasteiger partial charge in [-0.25, -0.2) is 14.4 Å². The fraction of sp³-hybridized carbons (Fsp3) is 0.190. The zero-order valence-corrected chi connectivity index (χ0v) is 15.5. The summed E-state index contributed by atoms with van der Waals surface area (Å²) >= 11 is 0. The minimum atomic E-state index is -0.510. The smallest absolute Gasteiger partial charge is 0.274 e. The molecule has 0 saturated carbocycles. The van der Waals surface area contributed by atoms with Crippen molar-refractivity contribution in [2.45, 2.75) is 6.42 Å². The number of carbonyl (C=O) groups excluding carboxylic acids is 1. The number of amides is 1. The van der Waals surface area contributed by atoms with Crippen LogP contribution in [-0.4, -0.2) is 36.1 Å². The molecule has 2 N–H and O–H groups in total. The maximum absolute atomic E-state index is 13.9. The third-order valence-corrected chi connectivity index (χ3v) is 3.94. The Morgan fingerprint density at radius 1 is 1.07 bits per heavy atom. The van der Waals surface area contributed by atoms with E-state index in [-0.39, 0.29) is 11.4 Å². The van der Waals surface area contributed by atoms with Crippen LogP contribution in [-0.2, 0) is 4.74 Å². The van der Waals surface area contributed by atoms with Crippen LogP contribution in [0, 0.1) is 5.82 Å². The van der Waals surface area contributed by atoms with Crippen molar-refractivity contribution in [1.82, 2.24) is 9.97 Å². The normalized spacial score (nSPS) is 10.5. The van der Waals surface area contributed by atoms with Crippen LogP contribution in [0.15, 0.2) is 60.7 Å². The highest BCUT2D eigenvalue weighted by Crippen LogP contribution is 2.19. The molecular weight excluding hydrogens is 359 g/mol. The van der Waals surface area contributed by atoms with Gasteiger partial charge in [-0.15, -0.1) is 0 Å². The van der Waals surface area contributed by atoms with Gasteiger partial charge < -0.3 is 15.4 Å². The zero-order chi connectivity index (χ0) is 19.8. The highest BCUT2D eigenvalue weighted by atomic mass is 19.1.